The first-order valence-corrected chi connectivity index (χ1v) is 3.88. The second-order valence-corrected chi connectivity index (χ2v) is 2.45. The summed E-state index contributed by atoms with van der Waals surface area (Å²) in [5.74, 6) is -8.49. The van der Waals surface area contributed by atoms with Gasteiger partial charge in [0.15, 0.2) is 0 Å². The standard InChI is InChI=1S/C5H8O2.C3H2F4O2/c1-2-3-4-5(6)7;4-1(5)3(6,7)2(8)9/h2H,1,3-4H2,(H,6,7);1H,(H,8,9). The minimum absolute atomic E-state index is 0.198. The highest BCUT2D eigenvalue weighted by Crippen LogP contribution is 2.22. The van der Waals surface area contributed by atoms with Crippen molar-refractivity contribution in [2.45, 2.75) is 25.2 Å². The number of aliphatic carboxylic acids is 2. The molecular formula is C8H10F4O4. The Hall–Kier alpha value is -1.60. The van der Waals surface area contributed by atoms with Crippen molar-refractivity contribution in [2.24, 2.45) is 0 Å². The van der Waals surface area contributed by atoms with Gasteiger partial charge in [0.25, 0.3) is 0 Å². The number of allylic oxidation sites excluding steroid dienone is 1. The molecule has 0 saturated heterocycles. The van der Waals surface area contributed by atoms with Crippen molar-refractivity contribution in [3.63, 3.8) is 0 Å². The van der Waals surface area contributed by atoms with Crippen molar-refractivity contribution in [2.75, 3.05) is 0 Å². The Morgan fingerprint density at radius 2 is 1.75 bits per heavy atom. The van der Waals surface area contributed by atoms with E-state index in [9.17, 15) is 27.2 Å². The molecule has 0 radical (unpaired) electrons. The zero-order chi connectivity index (χ0) is 13.4. The van der Waals surface area contributed by atoms with Gasteiger partial charge in [-0.25, -0.2) is 13.6 Å². The van der Waals surface area contributed by atoms with Crippen LogP contribution >= 0.6 is 0 Å². The van der Waals surface area contributed by atoms with Crippen LogP contribution in [0.4, 0.5) is 17.6 Å². The van der Waals surface area contributed by atoms with Gasteiger partial charge in [-0.05, 0) is 6.42 Å². The summed E-state index contributed by atoms with van der Waals surface area (Å²) >= 11 is 0. The van der Waals surface area contributed by atoms with Crippen LogP contribution in [0.1, 0.15) is 12.8 Å². The number of alkyl halides is 4. The zero-order valence-electron chi connectivity index (χ0n) is 8.00. The molecule has 0 saturated carbocycles. The van der Waals surface area contributed by atoms with Crippen LogP contribution in [0, 0.1) is 0 Å². The smallest absolute Gasteiger partial charge is 0.401 e. The van der Waals surface area contributed by atoms with E-state index in [1.165, 1.54) is 0 Å². The third kappa shape index (κ3) is 7.77. The molecule has 0 spiro atoms. The number of halogens is 4. The highest BCUT2D eigenvalue weighted by molar-refractivity contribution is 5.75. The molecule has 8 heteroatoms. The molecule has 0 aliphatic carbocycles. The van der Waals surface area contributed by atoms with Crippen LogP contribution in [0.2, 0.25) is 0 Å². The summed E-state index contributed by atoms with van der Waals surface area (Å²) < 4.78 is 44.5. The maximum Gasteiger partial charge on any atom is 0.401 e. The monoisotopic (exact) mass is 246 g/mol. The number of carboxylic acids is 2. The number of carboxylic acid groups (broad SMARTS) is 2. The first kappa shape index (κ1) is 16.8. The molecule has 0 aliphatic heterocycles. The third-order valence-corrected chi connectivity index (χ3v) is 1.12. The van der Waals surface area contributed by atoms with Crippen LogP contribution in [0.3, 0.4) is 0 Å². The van der Waals surface area contributed by atoms with E-state index < -0.39 is 24.3 Å². The molecule has 0 aliphatic rings. The molecule has 0 heterocycles. The minimum Gasteiger partial charge on any atom is -0.481 e. The number of carbonyl (C=O) groups is 2. The summed E-state index contributed by atoms with van der Waals surface area (Å²) in [5.41, 5.74) is 0. The second-order valence-electron chi connectivity index (χ2n) is 2.45. The van der Waals surface area contributed by atoms with E-state index in [1.54, 1.807) is 6.08 Å². The summed E-state index contributed by atoms with van der Waals surface area (Å²) in [6.45, 7) is 3.37. The second kappa shape index (κ2) is 7.66. The van der Waals surface area contributed by atoms with Crippen molar-refractivity contribution in [3.05, 3.63) is 12.7 Å². The summed E-state index contributed by atoms with van der Waals surface area (Å²) in [6, 6.07) is 0. The Morgan fingerprint density at radius 1 is 1.31 bits per heavy atom. The molecule has 0 amide bonds. The van der Waals surface area contributed by atoms with E-state index in [2.05, 4.69) is 6.58 Å². The third-order valence-electron chi connectivity index (χ3n) is 1.12. The lowest BCUT2D eigenvalue weighted by molar-refractivity contribution is -0.187. The van der Waals surface area contributed by atoms with Crippen molar-refractivity contribution in [1.29, 1.82) is 0 Å². The molecule has 2 N–H and O–H groups in total. The van der Waals surface area contributed by atoms with Crippen molar-refractivity contribution in [1.82, 2.24) is 0 Å². The average molecular weight is 246 g/mol. The van der Waals surface area contributed by atoms with Gasteiger partial charge in [0.2, 0.25) is 0 Å². The highest BCUT2D eigenvalue weighted by Gasteiger charge is 2.49. The van der Waals surface area contributed by atoms with Gasteiger partial charge in [-0.15, -0.1) is 6.58 Å². The normalized spacial score (nSPS) is 10.3. The first-order chi connectivity index (χ1) is 7.16. The molecule has 16 heavy (non-hydrogen) atoms. The molecule has 0 bridgehead atoms. The van der Waals surface area contributed by atoms with Gasteiger partial charge in [-0.1, -0.05) is 6.08 Å². The van der Waals surface area contributed by atoms with E-state index in [-0.39, 0.29) is 6.42 Å². The quantitative estimate of drug-likeness (QED) is 0.574. The van der Waals surface area contributed by atoms with E-state index in [0.29, 0.717) is 6.42 Å². The molecule has 4 nitrogen and oxygen atoms in total. The predicted octanol–water partition coefficient (Wildman–Crippen LogP) is 2.01. The molecule has 0 unspecified atom stereocenters. The first-order valence-electron chi connectivity index (χ1n) is 3.88. The van der Waals surface area contributed by atoms with Gasteiger partial charge in [0.1, 0.15) is 0 Å². The lowest BCUT2D eigenvalue weighted by Gasteiger charge is -2.07. The Morgan fingerprint density at radius 3 is 1.81 bits per heavy atom. The largest absolute Gasteiger partial charge is 0.481 e. The minimum atomic E-state index is -4.92. The lowest BCUT2D eigenvalue weighted by atomic mass is 10.3. The van der Waals surface area contributed by atoms with Gasteiger partial charge < -0.3 is 10.2 Å². The number of rotatable bonds is 5. The molecule has 0 rings (SSSR count). The molecule has 0 aromatic rings. The SMILES string of the molecule is C=CCCC(=O)O.O=C(O)C(F)(F)C(F)F. The van der Waals surface area contributed by atoms with Crippen LogP contribution < -0.4 is 0 Å². The molecular weight excluding hydrogens is 236 g/mol. The van der Waals surface area contributed by atoms with Gasteiger partial charge in [-0.2, -0.15) is 8.78 Å². The maximum absolute atomic E-state index is 11.3. The summed E-state index contributed by atoms with van der Waals surface area (Å²) in [6.07, 6.45) is -1.79. The fourth-order valence-corrected chi connectivity index (χ4v) is 0.319. The van der Waals surface area contributed by atoms with Crippen LogP contribution in [-0.4, -0.2) is 34.5 Å². The fraction of sp³-hybridized carbons (Fsp3) is 0.500. The molecule has 94 valence electrons. The maximum atomic E-state index is 11.3. The Labute approximate surface area is 88.2 Å². The predicted molar refractivity (Wildman–Crippen MR) is 45.7 cm³/mol. The Kier molecular flexibility index (Phi) is 8.05. The van der Waals surface area contributed by atoms with E-state index in [4.69, 9.17) is 10.2 Å². The van der Waals surface area contributed by atoms with E-state index in [1.807, 2.05) is 0 Å². The lowest BCUT2D eigenvalue weighted by Crippen LogP contribution is -2.35. The molecule has 0 atom stereocenters. The average Bonchev–Trinajstić information content (AvgIpc) is 2.15. The molecule has 0 fully saturated rings. The summed E-state index contributed by atoms with van der Waals surface area (Å²) in [7, 11) is 0. The van der Waals surface area contributed by atoms with Crippen LogP contribution in [0.5, 0.6) is 0 Å². The Bertz CT molecular complexity index is 252. The van der Waals surface area contributed by atoms with Crippen molar-refractivity contribution < 1.29 is 37.4 Å². The van der Waals surface area contributed by atoms with E-state index in [0.717, 1.165) is 0 Å². The van der Waals surface area contributed by atoms with Crippen LogP contribution in [-0.2, 0) is 9.59 Å². The van der Waals surface area contributed by atoms with Crippen molar-refractivity contribution in [3.8, 4) is 0 Å². The van der Waals surface area contributed by atoms with Crippen LogP contribution in [0.15, 0.2) is 12.7 Å². The highest BCUT2D eigenvalue weighted by atomic mass is 19.3. The van der Waals surface area contributed by atoms with Gasteiger partial charge in [0, 0.05) is 6.42 Å². The van der Waals surface area contributed by atoms with Gasteiger partial charge in [0.05, 0.1) is 0 Å². The van der Waals surface area contributed by atoms with Crippen molar-refractivity contribution >= 4 is 11.9 Å². The number of hydrogen-bond acceptors (Lipinski definition) is 2. The van der Waals surface area contributed by atoms with E-state index >= 15 is 0 Å². The molecule has 0 aromatic heterocycles. The topological polar surface area (TPSA) is 74.6 Å². The zero-order valence-corrected chi connectivity index (χ0v) is 8.00. The summed E-state index contributed by atoms with van der Waals surface area (Å²) in [4.78, 5) is 18.9. The molecule has 0 aromatic carbocycles. The van der Waals surface area contributed by atoms with Gasteiger partial charge in [-0.3, -0.25) is 4.79 Å². The van der Waals surface area contributed by atoms with Crippen LogP contribution in [0.25, 0.3) is 0 Å². The number of hydrogen-bond donors (Lipinski definition) is 2. The fourth-order valence-electron chi connectivity index (χ4n) is 0.319. The van der Waals surface area contributed by atoms with Gasteiger partial charge >= 0.3 is 24.3 Å². The Balaban J connectivity index is 0. The summed E-state index contributed by atoms with van der Waals surface area (Å²) in [5, 5.41) is 15.4.